The molecule has 0 aliphatic carbocycles. The Morgan fingerprint density at radius 1 is 1.23 bits per heavy atom. The minimum atomic E-state index is -0.293. The number of aromatic nitrogens is 5. The largest absolute Gasteiger partial charge is 0.383 e. The number of nitrogens with one attached hydrogen (secondary N) is 1. The number of hydrogen-bond donors (Lipinski definition) is 1. The van der Waals surface area contributed by atoms with Crippen molar-refractivity contribution in [3.05, 3.63) is 51.1 Å². The number of hydrogen-bond acceptors (Lipinski definition) is 6. The van der Waals surface area contributed by atoms with Crippen molar-refractivity contribution < 1.29 is 4.74 Å². The molecule has 8 nitrogen and oxygen atoms in total. The molecule has 2 aromatic heterocycles. The number of rotatable bonds is 6. The quantitative estimate of drug-likeness (QED) is 0.672. The van der Waals surface area contributed by atoms with E-state index in [4.69, 9.17) is 4.74 Å². The highest BCUT2D eigenvalue weighted by atomic mass is 16.5. The predicted octanol–water partition coefficient (Wildman–Crippen LogP) is 2.60. The highest BCUT2D eigenvalue weighted by molar-refractivity contribution is 5.83. The lowest BCUT2D eigenvalue weighted by atomic mass is 9.95. The third-order valence-corrected chi connectivity index (χ3v) is 6.11. The second-order valence-electron chi connectivity index (χ2n) is 8.47. The van der Waals surface area contributed by atoms with Crippen LogP contribution in [0, 0.1) is 19.8 Å². The second kappa shape index (κ2) is 8.65. The monoisotopic (exact) mass is 410 g/mol. The molecule has 30 heavy (non-hydrogen) atoms. The van der Waals surface area contributed by atoms with E-state index in [1.165, 1.54) is 5.56 Å². The summed E-state index contributed by atoms with van der Waals surface area (Å²) in [6.07, 6.45) is 2.19. The summed E-state index contributed by atoms with van der Waals surface area (Å²) in [4.78, 5) is 18.7. The van der Waals surface area contributed by atoms with Crippen molar-refractivity contribution in [2.45, 2.75) is 46.2 Å². The van der Waals surface area contributed by atoms with Gasteiger partial charge in [-0.2, -0.15) is 0 Å². The van der Waals surface area contributed by atoms with Crippen LogP contribution in [0.1, 0.15) is 48.3 Å². The minimum Gasteiger partial charge on any atom is -0.383 e. The van der Waals surface area contributed by atoms with Gasteiger partial charge in [0.15, 0.2) is 5.82 Å². The molecule has 1 N–H and O–H groups in total. The Bertz CT molecular complexity index is 1080. The van der Waals surface area contributed by atoms with E-state index in [1.807, 2.05) is 13.0 Å². The lowest BCUT2D eigenvalue weighted by molar-refractivity contribution is 0.144. The van der Waals surface area contributed by atoms with E-state index >= 15 is 0 Å². The maximum Gasteiger partial charge on any atom is 0.253 e. The summed E-state index contributed by atoms with van der Waals surface area (Å²) in [5.41, 5.74) is 3.74. The average molecular weight is 411 g/mol. The number of fused-ring (bicyclic) bond motifs is 1. The fourth-order valence-corrected chi connectivity index (χ4v) is 4.44. The SMILES string of the molecule is COCCn1nnnc1C(c1cc2cc(C)cc(C)c2[nH]c1=O)N1CCC(C)CC1. The average Bonchev–Trinajstić information content (AvgIpc) is 3.17. The molecule has 1 aliphatic heterocycles. The maximum absolute atomic E-state index is 13.3. The van der Waals surface area contributed by atoms with Gasteiger partial charge in [0.1, 0.15) is 6.04 Å². The van der Waals surface area contributed by atoms with Crippen LogP contribution < -0.4 is 5.56 Å². The van der Waals surface area contributed by atoms with E-state index in [9.17, 15) is 4.79 Å². The standard InChI is InChI=1S/C22H30N6O2/c1-14-5-7-27(8-6-14)20(21-24-25-26-28(21)9-10-30-4)18-13-17-12-15(2)11-16(3)19(17)23-22(18)29/h11-14,20H,5-10H2,1-4H3,(H,23,29). The van der Waals surface area contributed by atoms with E-state index in [0.717, 1.165) is 42.4 Å². The summed E-state index contributed by atoms with van der Waals surface area (Å²) in [6.45, 7) is 9.26. The Kier molecular flexibility index (Phi) is 5.97. The van der Waals surface area contributed by atoms with Crippen LogP contribution in [0.15, 0.2) is 23.0 Å². The number of piperidine rings is 1. The number of nitrogens with zero attached hydrogens (tertiary/aromatic N) is 5. The lowest BCUT2D eigenvalue weighted by Gasteiger charge is -2.35. The Balaban J connectivity index is 1.85. The molecule has 0 amide bonds. The van der Waals surface area contributed by atoms with Crippen molar-refractivity contribution in [3.63, 3.8) is 0 Å². The van der Waals surface area contributed by atoms with Crippen LogP contribution in [-0.4, -0.2) is 56.9 Å². The number of tetrazole rings is 1. The molecule has 1 aromatic carbocycles. The molecule has 0 saturated carbocycles. The summed E-state index contributed by atoms with van der Waals surface area (Å²) in [6, 6.07) is 5.93. The molecule has 1 unspecified atom stereocenters. The van der Waals surface area contributed by atoms with Crippen molar-refractivity contribution >= 4 is 10.9 Å². The number of methoxy groups -OCH3 is 1. The van der Waals surface area contributed by atoms with Crippen LogP contribution >= 0.6 is 0 Å². The first kappa shape index (κ1) is 20.7. The Labute approximate surface area is 176 Å². The maximum atomic E-state index is 13.3. The molecule has 4 rings (SSSR count). The number of H-pyrrole nitrogens is 1. The molecule has 3 aromatic rings. The van der Waals surface area contributed by atoms with Crippen molar-refractivity contribution in [2.75, 3.05) is 26.8 Å². The van der Waals surface area contributed by atoms with Crippen LogP contribution in [0.25, 0.3) is 10.9 Å². The number of likely N-dealkylation sites (tertiary alicyclic amines) is 1. The summed E-state index contributed by atoms with van der Waals surface area (Å²) >= 11 is 0. The number of benzene rings is 1. The minimum absolute atomic E-state index is 0.0839. The number of aromatic amines is 1. The van der Waals surface area contributed by atoms with Gasteiger partial charge in [0, 0.05) is 12.7 Å². The first-order chi connectivity index (χ1) is 14.5. The van der Waals surface area contributed by atoms with Gasteiger partial charge >= 0.3 is 0 Å². The number of ether oxygens (including phenoxy) is 1. The Hall–Kier alpha value is -2.58. The van der Waals surface area contributed by atoms with E-state index in [0.29, 0.717) is 30.5 Å². The smallest absolute Gasteiger partial charge is 0.253 e. The van der Waals surface area contributed by atoms with E-state index < -0.39 is 0 Å². The molecule has 3 heterocycles. The molecular formula is C22H30N6O2. The van der Waals surface area contributed by atoms with Crippen LogP contribution in [0.3, 0.4) is 0 Å². The van der Waals surface area contributed by atoms with Crippen molar-refractivity contribution in [1.82, 2.24) is 30.1 Å². The second-order valence-corrected chi connectivity index (χ2v) is 8.47. The van der Waals surface area contributed by atoms with Gasteiger partial charge in [0.25, 0.3) is 5.56 Å². The summed E-state index contributed by atoms with van der Waals surface area (Å²) in [7, 11) is 1.66. The first-order valence-electron chi connectivity index (χ1n) is 10.6. The van der Waals surface area contributed by atoms with Crippen LogP contribution in [0.5, 0.6) is 0 Å². The Morgan fingerprint density at radius 3 is 2.73 bits per heavy atom. The normalized spacial score (nSPS) is 16.9. The van der Waals surface area contributed by atoms with Gasteiger partial charge in [-0.25, -0.2) is 4.68 Å². The fraction of sp³-hybridized carbons (Fsp3) is 0.545. The van der Waals surface area contributed by atoms with Crippen LogP contribution in [0.4, 0.5) is 0 Å². The fourth-order valence-electron chi connectivity index (χ4n) is 4.44. The topological polar surface area (TPSA) is 88.9 Å². The molecule has 8 heteroatoms. The van der Waals surface area contributed by atoms with Crippen molar-refractivity contribution in [1.29, 1.82) is 0 Å². The van der Waals surface area contributed by atoms with Gasteiger partial charge in [-0.1, -0.05) is 18.6 Å². The van der Waals surface area contributed by atoms with Gasteiger partial charge < -0.3 is 9.72 Å². The van der Waals surface area contributed by atoms with E-state index in [2.05, 4.69) is 51.4 Å². The highest BCUT2D eigenvalue weighted by Crippen LogP contribution is 2.31. The zero-order valence-corrected chi connectivity index (χ0v) is 18.2. The molecule has 0 radical (unpaired) electrons. The zero-order chi connectivity index (χ0) is 21.3. The Morgan fingerprint density at radius 2 is 2.00 bits per heavy atom. The summed E-state index contributed by atoms with van der Waals surface area (Å²) < 4.78 is 6.99. The third-order valence-electron chi connectivity index (χ3n) is 6.11. The number of pyridine rings is 1. The molecule has 1 fully saturated rings. The van der Waals surface area contributed by atoms with Gasteiger partial charge in [0.2, 0.25) is 0 Å². The van der Waals surface area contributed by atoms with E-state index in [-0.39, 0.29) is 11.6 Å². The van der Waals surface area contributed by atoms with Gasteiger partial charge in [-0.3, -0.25) is 9.69 Å². The number of aryl methyl sites for hydroxylation is 2. The highest BCUT2D eigenvalue weighted by Gasteiger charge is 2.32. The third kappa shape index (κ3) is 4.02. The first-order valence-corrected chi connectivity index (χ1v) is 10.6. The van der Waals surface area contributed by atoms with Crippen LogP contribution in [-0.2, 0) is 11.3 Å². The van der Waals surface area contributed by atoms with Crippen LogP contribution in [0.2, 0.25) is 0 Å². The summed E-state index contributed by atoms with van der Waals surface area (Å²) in [5, 5.41) is 13.5. The molecule has 1 aliphatic rings. The predicted molar refractivity (Wildman–Crippen MR) is 116 cm³/mol. The summed E-state index contributed by atoms with van der Waals surface area (Å²) in [5.74, 6) is 1.38. The van der Waals surface area contributed by atoms with Crippen molar-refractivity contribution in [3.8, 4) is 0 Å². The molecular weight excluding hydrogens is 380 g/mol. The zero-order valence-electron chi connectivity index (χ0n) is 18.2. The van der Waals surface area contributed by atoms with Gasteiger partial charge in [0.05, 0.1) is 18.7 Å². The molecule has 160 valence electrons. The van der Waals surface area contributed by atoms with Gasteiger partial charge in [-0.15, -0.1) is 5.10 Å². The molecule has 1 atom stereocenters. The molecule has 1 saturated heterocycles. The lowest BCUT2D eigenvalue weighted by Crippen LogP contribution is -2.40. The molecule has 0 spiro atoms. The van der Waals surface area contributed by atoms with Crippen molar-refractivity contribution in [2.24, 2.45) is 5.92 Å². The van der Waals surface area contributed by atoms with Gasteiger partial charge in [-0.05, 0) is 79.2 Å². The van der Waals surface area contributed by atoms with E-state index in [1.54, 1.807) is 11.8 Å². The molecule has 0 bridgehead atoms.